The van der Waals surface area contributed by atoms with Crippen molar-refractivity contribution in [3.05, 3.63) is 35.4 Å². The summed E-state index contributed by atoms with van der Waals surface area (Å²) in [6.07, 6.45) is 2.81. The fourth-order valence-electron chi connectivity index (χ4n) is 2.88. The van der Waals surface area contributed by atoms with E-state index in [-0.39, 0.29) is 17.9 Å². The number of carbonyl (C=O) groups is 1. The molecule has 2 rings (SSSR count). The molecule has 1 aromatic rings. The van der Waals surface area contributed by atoms with Crippen LogP contribution in [0.2, 0.25) is 0 Å². The monoisotopic (exact) mass is 274 g/mol. The molecular formula is C17H26N2O. The maximum Gasteiger partial charge on any atom is 0.223 e. The van der Waals surface area contributed by atoms with Crippen molar-refractivity contribution in [2.45, 2.75) is 52.1 Å². The highest BCUT2D eigenvalue weighted by atomic mass is 16.1. The standard InChI is InChI=1S/C17H26N2O/c1-4-16(14-7-5-12(2)6-8-14)19-17(20)15-9-10-18-13(3)11-15/h5-8,13,15-16,18H,4,9-11H2,1-3H3,(H,19,20)/t13-,15-,16?/m0/s1. The average molecular weight is 274 g/mol. The molecular weight excluding hydrogens is 248 g/mol. The lowest BCUT2D eigenvalue weighted by atomic mass is 9.91. The van der Waals surface area contributed by atoms with E-state index in [2.05, 4.69) is 55.7 Å². The molecule has 0 saturated carbocycles. The number of nitrogens with one attached hydrogen (secondary N) is 2. The molecule has 0 spiro atoms. The Bertz CT molecular complexity index is 441. The van der Waals surface area contributed by atoms with Crippen LogP contribution >= 0.6 is 0 Å². The summed E-state index contributed by atoms with van der Waals surface area (Å²) in [5.41, 5.74) is 2.45. The first-order valence-electron chi connectivity index (χ1n) is 7.70. The Hall–Kier alpha value is -1.35. The molecule has 2 N–H and O–H groups in total. The molecule has 1 unspecified atom stereocenters. The minimum absolute atomic E-state index is 0.133. The number of hydrogen-bond acceptors (Lipinski definition) is 2. The minimum atomic E-state index is 0.133. The molecule has 1 aliphatic heterocycles. The fourth-order valence-corrected chi connectivity index (χ4v) is 2.88. The van der Waals surface area contributed by atoms with Gasteiger partial charge in [-0.1, -0.05) is 36.8 Å². The third-order valence-corrected chi connectivity index (χ3v) is 4.20. The van der Waals surface area contributed by atoms with Crippen molar-refractivity contribution in [1.82, 2.24) is 10.6 Å². The average Bonchev–Trinajstić information content (AvgIpc) is 2.45. The van der Waals surface area contributed by atoms with E-state index in [1.54, 1.807) is 0 Å². The van der Waals surface area contributed by atoms with Crippen molar-refractivity contribution >= 4 is 5.91 Å². The first kappa shape index (κ1) is 15.0. The third kappa shape index (κ3) is 3.83. The van der Waals surface area contributed by atoms with Gasteiger partial charge in [-0.15, -0.1) is 0 Å². The third-order valence-electron chi connectivity index (χ3n) is 4.20. The van der Waals surface area contributed by atoms with Gasteiger partial charge in [-0.25, -0.2) is 0 Å². The first-order chi connectivity index (χ1) is 9.60. The second-order valence-corrected chi connectivity index (χ2v) is 5.96. The van der Waals surface area contributed by atoms with E-state index in [1.165, 1.54) is 11.1 Å². The predicted octanol–water partition coefficient (Wildman–Crippen LogP) is 2.95. The molecule has 3 atom stereocenters. The Morgan fingerprint density at radius 1 is 1.40 bits per heavy atom. The van der Waals surface area contributed by atoms with Gasteiger partial charge in [0.05, 0.1) is 6.04 Å². The van der Waals surface area contributed by atoms with Crippen LogP contribution in [0.1, 0.15) is 50.3 Å². The molecule has 3 nitrogen and oxygen atoms in total. The van der Waals surface area contributed by atoms with Crippen LogP contribution in [0.15, 0.2) is 24.3 Å². The number of piperidine rings is 1. The number of hydrogen-bond donors (Lipinski definition) is 2. The largest absolute Gasteiger partial charge is 0.349 e. The fraction of sp³-hybridized carbons (Fsp3) is 0.588. The lowest BCUT2D eigenvalue weighted by Gasteiger charge is -2.29. The van der Waals surface area contributed by atoms with Gasteiger partial charge >= 0.3 is 0 Å². The number of aryl methyl sites for hydroxylation is 1. The summed E-state index contributed by atoms with van der Waals surface area (Å²) in [5.74, 6) is 0.372. The van der Waals surface area contributed by atoms with Crippen LogP contribution in [0.25, 0.3) is 0 Å². The summed E-state index contributed by atoms with van der Waals surface area (Å²) in [4.78, 5) is 12.4. The predicted molar refractivity (Wildman–Crippen MR) is 82.5 cm³/mol. The van der Waals surface area contributed by atoms with Crippen LogP contribution in [0, 0.1) is 12.8 Å². The van der Waals surface area contributed by atoms with Gasteiger partial charge < -0.3 is 10.6 Å². The lowest BCUT2D eigenvalue weighted by Crippen LogP contribution is -2.43. The highest BCUT2D eigenvalue weighted by Crippen LogP contribution is 2.21. The summed E-state index contributed by atoms with van der Waals surface area (Å²) in [6, 6.07) is 9.03. The summed E-state index contributed by atoms with van der Waals surface area (Å²) in [7, 11) is 0. The first-order valence-corrected chi connectivity index (χ1v) is 7.70. The zero-order valence-electron chi connectivity index (χ0n) is 12.8. The maximum atomic E-state index is 12.4. The van der Waals surface area contributed by atoms with Gasteiger partial charge in [0.25, 0.3) is 0 Å². The van der Waals surface area contributed by atoms with Crippen molar-refractivity contribution in [3.8, 4) is 0 Å². The number of carbonyl (C=O) groups excluding carboxylic acids is 1. The van der Waals surface area contributed by atoms with Crippen molar-refractivity contribution in [3.63, 3.8) is 0 Å². The van der Waals surface area contributed by atoms with Crippen molar-refractivity contribution < 1.29 is 4.79 Å². The van der Waals surface area contributed by atoms with Gasteiger partial charge in [0, 0.05) is 12.0 Å². The molecule has 20 heavy (non-hydrogen) atoms. The zero-order chi connectivity index (χ0) is 14.5. The molecule has 0 aliphatic carbocycles. The summed E-state index contributed by atoms with van der Waals surface area (Å²) in [6.45, 7) is 7.30. The van der Waals surface area contributed by atoms with Gasteiger partial charge in [0.1, 0.15) is 0 Å². The molecule has 0 radical (unpaired) electrons. The normalized spacial score (nSPS) is 24.1. The van der Waals surface area contributed by atoms with Crippen molar-refractivity contribution in [2.75, 3.05) is 6.54 Å². The second-order valence-electron chi connectivity index (χ2n) is 5.96. The highest BCUT2D eigenvalue weighted by molar-refractivity contribution is 5.79. The van der Waals surface area contributed by atoms with Crippen LogP contribution in [-0.4, -0.2) is 18.5 Å². The molecule has 1 amide bonds. The second kappa shape index (κ2) is 6.89. The lowest BCUT2D eigenvalue weighted by molar-refractivity contribution is -0.126. The van der Waals surface area contributed by atoms with Crippen molar-refractivity contribution in [1.29, 1.82) is 0 Å². The van der Waals surface area contributed by atoms with Gasteiger partial charge in [0.2, 0.25) is 5.91 Å². The number of rotatable bonds is 4. The zero-order valence-corrected chi connectivity index (χ0v) is 12.8. The van der Waals surface area contributed by atoms with Crippen molar-refractivity contribution in [2.24, 2.45) is 5.92 Å². The van der Waals surface area contributed by atoms with Crippen LogP contribution in [-0.2, 0) is 4.79 Å². The molecule has 110 valence electrons. The summed E-state index contributed by atoms with van der Waals surface area (Å²) in [5, 5.41) is 6.62. The topological polar surface area (TPSA) is 41.1 Å². The Balaban J connectivity index is 1.98. The quantitative estimate of drug-likeness (QED) is 0.886. The molecule has 0 bridgehead atoms. The van der Waals surface area contributed by atoms with Gasteiger partial charge in [-0.2, -0.15) is 0 Å². The van der Waals surface area contributed by atoms with E-state index >= 15 is 0 Å². The molecule has 0 aromatic heterocycles. The SMILES string of the molecule is CCC(NC(=O)[C@H]1CCN[C@@H](C)C1)c1ccc(C)cc1. The van der Waals surface area contributed by atoms with E-state index in [0.29, 0.717) is 6.04 Å². The molecule has 1 saturated heterocycles. The Kier molecular flexibility index (Phi) is 5.18. The van der Waals surface area contributed by atoms with E-state index < -0.39 is 0 Å². The molecule has 1 aliphatic rings. The number of amides is 1. The smallest absolute Gasteiger partial charge is 0.223 e. The van der Waals surface area contributed by atoms with Gasteiger partial charge in [-0.3, -0.25) is 4.79 Å². The van der Waals surface area contributed by atoms with E-state index in [0.717, 1.165) is 25.8 Å². The minimum Gasteiger partial charge on any atom is -0.349 e. The van der Waals surface area contributed by atoms with E-state index in [1.807, 2.05) is 0 Å². The Labute approximate surface area is 122 Å². The van der Waals surface area contributed by atoms with Gasteiger partial charge in [-0.05, 0) is 45.2 Å². The molecule has 1 heterocycles. The molecule has 3 heteroatoms. The van der Waals surface area contributed by atoms with E-state index in [9.17, 15) is 4.79 Å². The van der Waals surface area contributed by atoms with Crippen LogP contribution in [0.5, 0.6) is 0 Å². The Morgan fingerprint density at radius 3 is 2.70 bits per heavy atom. The van der Waals surface area contributed by atoms with Gasteiger partial charge in [0.15, 0.2) is 0 Å². The van der Waals surface area contributed by atoms with E-state index in [4.69, 9.17) is 0 Å². The van der Waals surface area contributed by atoms with Crippen LogP contribution in [0.4, 0.5) is 0 Å². The Morgan fingerprint density at radius 2 is 2.10 bits per heavy atom. The summed E-state index contributed by atoms with van der Waals surface area (Å²) >= 11 is 0. The van der Waals surface area contributed by atoms with Crippen LogP contribution in [0.3, 0.4) is 0 Å². The highest BCUT2D eigenvalue weighted by Gasteiger charge is 2.26. The van der Waals surface area contributed by atoms with Crippen LogP contribution < -0.4 is 10.6 Å². The summed E-state index contributed by atoms with van der Waals surface area (Å²) < 4.78 is 0. The number of benzene rings is 1. The molecule has 1 aromatic carbocycles. The molecule has 1 fully saturated rings. The maximum absolute atomic E-state index is 12.4.